The first kappa shape index (κ1) is 19.7. The largest absolute Gasteiger partial charge is 0.383 e. The highest BCUT2D eigenvalue weighted by Crippen LogP contribution is 2.34. The second-order valence-corrected chi connectivity index (χ2v) is 7.80. The van der Waals surface area contributed by atoms with E-state index in [0.717, 1.165) is 19.4 Å². The molecule has 0 unspecified atom stereocenters. The van der Waals surface area contributed by atoms with Gasteiger partial charge < -0.3 is 15.8 Å². The van der Waals surface area contributed by atoms with Gasteiger partial charge in [0, 0.05) is 23.7 Å². The van der Waals surface area contributed by atoms with E-state index in [1.54, 1.807) is 47.1 Å². The van der Waals surface area contributed by atoms with Gasteiger partial charge in [-0.15, -0.1) is 5.10 Å². The molecule has 9 heteroatoms. The second kappa shape index (κ2) is 8.13. The molecule has 2 aromatic heterocycles. The van der Waals surface area contributed by atoms with Gasteiger partial charge in [0.25, 0.3) is 0 Å². The Hall–Kier alpha value is -3.23. The number of anilines is 2. The summed E-state index contributed by atoms with van der Waals surface area (Å²) in [5.74, 6) is 0.273. The van der Waals surface area contributed by atoms with Crippen LogP contribution < -0.4 is 11.1 Å². The van der Waals surface area contributed by atoms with E-state index in [1.807, 2.05) is 0 Å². The first-order valence-electron chi connectivity index (χ1n) is 10.0. The second-order valence-electron chi connectivity index (χ2n) is 7.36. The molecule has 1 fully saturated rings. The molecule has 3 N–H and O–H groups in total. The van der Waals surface area contributed by atoms with Crippen molar-refractivity contribution in [2.45, 2.75) is 18.9 Å². The number of halogens is 2. The minimum absolute atomic E-state index is 0.105. The van der Waals surface area contributed by atoms with Gasteiger partial charge in [-0.1, -0.05) is 23.7 Å². The average molecular weight is 439 g/mol. The Kier molecular flexibility index (Phi) is 5.17. The third kappa shape index (κ3) is 3.80. The van der Waals surface area contributed by atoms with Gasteiger partial charge >= 0.3 is 0 Å². The summed E-state index contributed by atoms with van der Waals surface area (Å²) in [7, 11) is 0. The molecule has 158 valence electrons. The fraction of sp³-hybridized carbons (Fsp3) is 0.227. The van der Waals surface area contributed by atoms with Crippen LogP contribution in [0.15, 0.2) is 48.5 Å². The third-order valence-corrected chi connectivity index (χ3v) is 5.53. The van der Waals surface area contributed by atoms with E-state index in [-0.39, 0.29) is 6.10 Å². The number of hydrogen-bond acceptors (Lipinski definition) is 6. The number of ether oxygens (including phenoxy) is 1. The SMILES string of the molecule is Nc1c2c(-c3ccccc3F)nc(NC[C@@H]3CCCO3)nc2nn1-c1ccc(Cl)cc1. The number of nitrogens with two attached hydrogens (primary N) is 1. The molecule has 7 nitrogen and oxygen atoms in total. The van der Waals surface area contributed by atoms with Crippen molar-refractivity contribution in [1.82, 2.24) is 19.7 Å². The van der Waals surface area contributed by atoms with Gasteiger partial charge in [-0.25, -0.2) is 14.1 Å². The standard InChI is InChI=1S/C22H20ClFN6O/c23-13-7-9-14(10-8-13)30-20(25)18-19(16-5-1-2-6-17(16)24)27-22(28-21(18)29-30)26-12-15-4-3-11-31-15/h1-2,5-10,15H,3-4,11-12,25H2,(H,26,28,29)/t15-/m0/s1. The van der Waals surface area contributed by atoms with Crippen molar-refractivity contribution < 1.29 is 9.13 Å². The molecule has 0 bridgehead atoms. The molecule has 4 aromatic rings. The summed E-state index contributed by atoms with van der Waals surface area (Å²) in [5.41, 5.74) is 8.25. The molecule has 0 saturated carbocycles. The molecule has 5 rings (SSSR count). The van der Waals surface area contributed by atoms with E-state index in [2.05, 4.69) is 20.4 Å². The molecular weight excluding hydrogens is 419 g/mol. The van der Waals surface area contributed by atoms with Gasteiger partial charge in [-0.2, -0.15) is 4.98 Å². The number of nitrogens with one attached hydrogen (secondary N) is 1. The maximum Gasteiger partial charge on any atom is 0.225 e. The van der Waals surface area contributed by atoms with E-state index in [1.165, 1.54) is 6.07 Å². The monoisotopic (exact) mass is 438 g/mol. The lowest BCUT2D eigenvalue weighted by Gasteiger charge is -2.12. The van der Waals surface area contributed by atoms with E-state index < -0.39 is 5.82 Å². The van der Waals surface area contributed by atoms with Crippen molar-refractivity contribution in [3.63, 3.8) is 0 Å². The average Bonchev–Trinajstić information content (AvgIpc) is 3.41. The van der Waals surface area contributed by atoms with Crippen LogP contribution in [0.5, 0.6) is 0 Å². The first-order valence-corrected chi connectivity index (χ1v) is 10.4. The van der Waals surface area contributed by atoms with Crippen molar-refractivity contribution in [2.24, 2.45) is 0 Å². The summed E-state index contributed by atoms with van der Waals surface area (Å²) in [6.45, 7) is 1.32. The minimum Gasteiger partial charge on any atom is -0.383 e. The quantitative estimate of drug-likeness (QED) is 0.478. The van der Waals surface area contributed by atoms with Crippen LogP contribution in [0.3, 0.4) is 0 Å². The van der Waals surface area contributed by atoms with Crippen LogP contribution in [0.25, 0.3) is 28.0 Å². The maximum absolute atomic E-state index is 14.7. The zero-order valence-corrected chi connectivity index (χ0v) is 17.3. The number of hydrogen-bond donors (Lipinski definition) is 2. The topological polar surface area (TPSA) is 90.9 Å². The van der Waals surface area contributed by atoms with Crippen molar-refractivity contribution in [2.75, 3.05) is 24.2 Å². The van der Waals surface area contributed by atoms with Gasteiger partial charge in [0.05, 0.1) is 22.9 Å². The molecule has 2 aromatic carbocycles. The van der Waals surface area contributed by atoms with Crippen LogP contribution in [0.1, 0.15) is 12.8 Å². The Balaban J connectivity index is 1.65. The molecule has 0 amide bonds. The van der Waals surface area contributed by atoms with Crippen LogP contribution in [0.2, 0.25) is 5.02 Å². The molecule has 1 aliphatic heterocycles. The van der Waals surface area contributed by atoms with Crippen LogP contribution in [-0.4, -0.2) is 39.0 Å². The molecule has 31 heavy (non-hydrogen) atoms. The molecule has 0 aliphatic carbocycles. The Morgan fingerprint density at radius 2 is 1.97 bits per heavy atom. The van der Waals surface area contributed by atoms with Gasteiger partial charge in [-0.3, -0.25) is 0 Å². The molecule has 1 atom stereocenters. The summed E-state index contributed by atoms with van der Waals surface area (Å²) in [6, 6.07) is 13.6. The predicted octanol–water partition coefficient (Wildman–Crippen LogP) is 4.45. The summed E-state index contributed by atoms with van der Waals surface area (Å²) in [4.78, 5) is 9.14. The molecule has 3 heterocycles. The molecule has 0 radical (unpaired) electrons. The van der Waals surface area contributed by atoms with Gasteiger partial charge in [0.15, 0.2) is 5.65 Å². The first-order chi connectivity index (χ1) is 15.1. The highest BCUT2D eigenvalue weighted by atomic mass is 35.5. The van der Waals surface area contributed by atoms with Gasteiger partial charge in [0.1, 0.15) is 11.6 Å². The smallest absolute Gasteiger partial charge is 0.225 e. The van der Waals surface area contributed by atoms with Crippen LogP contribution in [-0.2, 0) is 4.74 Å². The molecule has 1 saturated heterocycles. The summed E-state index contributed by atoms with van der Waals surface area (Å²) in [5, 5.41) is 8.87. The maximum atomic E-state index is 14.7. The Labute approximate surface area is 183 Å². The predicted molar refractivity (Wildman–Crippen MR) is 119 cm³/mol. The van der Waals surface area contributed by atoms with E-state index in [9.17, 15) is 4.39 Å². The fourth-order valence-electron chi connectivity index (χ4n) is 3.73. The van der Waals surface area contributed by atoms with E-state index in [0.29, 0.717) is 51.3 Å². The Morgan fingerprint density at radius 1 is 1.16 bits per heavy atom. The van der Waals surface area contributed by atoms with Crippen molar-refractivity contribution >= 4 is 34.4 Å². The number of benzene rings is 2. The minimum atomic E-state index is -0.397. The highest BCUT2D eigenvalue weighted by molar-refractivity contribution is 6.30. The normalized spacial score (nSPS) is 16.1. The zero-order valence-electron chi connectivity index (χ0n) is 16.6. The molecule has 1 aliphatic rings. The van der Waals surface area contributed by atoms with Crippen molar-refractivity contribution in [1.29, 1.82) is 0 Å². The van der Waals surface area contributed by atoms with Crippen molar-refractivity contribution in [3.8, 4) is 16.9 Å². The Bertz CT molecular complexity index is 1240. The summed E-state index contributed by atoms with van der Waals surface area (Å²) >= 11 is 6.01. The van der Waals surface area contributed by atoms with Crippen LogP contribution >= 0.6 is 11.6 Å². The van der Waals surface area contributed by atoms with E-state index >= 15 is 0 Å². The number of nitrogen functional groups attached to an aromatic ring is 1. The lowest BCUT2D eigenvalue weighted by Crippen LogP contribution is -2.19. The number of rotatable bonds is 5. The van der Waals surface area contributed by atoms with Gasteiger partial charge in [0.2, 0.25) is 5.95 Å². The summed E-state index contributed by atoms with van der Waals surface area (Å²) in [6.07, 6.45) is 2.12. The van der Waals surface area contributed by atoms with Crippen LogP contribution in [0, 0.1) is 5.82 Å². The van der Waals surface area contributed by atoms with Gasteiger partial charge in [-0.05, 0) is 49.2 Å². The lowest BCUT2D eigenvalue weighted by molar-refractivity contribution is 0.120. The molecule has 0 spiro atoms. The van der Waals surface area contributed by atoms with Crippen molar-refractivity contribution in [3.05, 3.63) is 59.4 Å². The third-order valence-electron chi connectivity index (χ3n) is 5.28. The number of nitrogens with zero attached hydrogens (tertiary/aromatic N) is 4. The summed E-state index contributed by atoms with van der Waals surface area (Å²) < 4.78 is 21.9. The number of aromatic nitrogens is 4. The zero-order chi connectivity index (χ0) is 21.4. The highest BCUT2D eigenvalue weighted by Gasteiger charge is 2.22. The van der Waals surface area contributed by atoms with Crippen LogP contribution in [0.4, 0.5) is 16.2 Å². The molecular formula is C22H20ClFN6O. The fourth-order valence-corrected chi connectivity index (χ4v) is 3.85. The lowest BCUT2D eigenvalue weighted by atomic mass is 10.1. The Morgan fingerprint density at radius 3 is 2.71 bits per heavy atom. The van der Waals surface area contributed by atoms with E-state index in [4.69, 9.17) is 22.1 Å². The number of fused-ring (bicyclic) bond motifs is 1.